The summed E-state index contributed by atoms with van der Waals surface area (Å²) in [5.74, 6) is 1.73. The Bertz CT molecular complexity index is 1890. The maximum Gasteiger partial charge on any atom is 0.118 e. The van der Waals surface area contributed by atoms with Crippen LogP contribution in [0.4, 0.5) is 0 Å². The molecule has 2 nitrogen and oxygen atoms in total. The van der Waals surface area contributed by atoms with Gasteiger partial charge in [0.2, 0.25) is 0 Å². The molecule has 0 fully saturated rings. The predicted molar refractivity (Wildman–Crippen MR) is 177 cm³/mol. The van der Waals surface area contributed by atoms with Crippen molar-refractivity contribution in [2.24, 2.45) is 0 Å². The first-order chi connectivity index (χ1) is 20.2. The number of thiophene rings is 1. The highest BCUT2D eigenvalue weighted by molar-refractivity contribution is 7.19. The lowest BCUT2D eigenvalue weighted by Crippen LogP contribution is -1.92. The van der Waals surface area contributed by atoms with E-state index < -0.39 is 0 Å². The second-order valence-electron chi connectivity index (χ2n) is 10.7. The summed E-state index contributed by atoms with van der Waals surface area (Å²) in [6.45, 7) is 2.26. The quantitative estimate of drug-likeness (QED) is 0.183. The van der Waals surface area contributed by atoms with Crippen molar-refractivity contribution in [3.63, 3.8) is 0 Å². The molecule has 0 N–H and O–H groups in total. The van der Waals surface area contributed by atoms with Gasteiger partial charge in [-0.15, -0.1) is 11.3 Å². The molecule has 7 rings (SSSR count). The van der Waals surface area contributed by atoms with Gasteiger partial charge in [0.25, 0.3) is 0 Å². The highest BCUT2D eigenvalue weighted by Gasteiger charge is 2.19. The minimum absolute atomic E-state index is 0.864. The zero-order valence-electron chi connectivity index (χ0n) is 23.7. The summed E-state index contributed by atoms with van der Waals surface area (Å²) in [5.41, 5.74) is 4.92. The van der Waals surface area contributed by atoms with E-state index >= 15 is 0 Å². The summed E-state index contributed by atoms with van der Waals surface area (Å²) in [7, 11) is 3.44. The first kappa shape index (κ1) is 25.6. The first-order valence-corrected chi connectivity index (χ1v) is 15.1. The number of ether oxygens (including phenoxy) is 2. The number of aryl methyl sites for hydroxylation is 1. The Balaban J connectivity index is 1.65. The van der Waals surface area contributed by atoms with Crippen LogP contribution in [0.2, 0.25) is 0 Å². The topological polar surface area (TPSA) is 18.5 Å². The average molecular weight is 553 g/mol. The van der Waals surface area contributed by atoms with Crippen molar-refractivity contribution in [1.29, 1.82) is 0 Å². The van der Waals surface area contributed by atoms with E-state index in [-0.39, 0.29) is 0 Å². The van der Waals surface area contributed by atoms with E-state index in [0.717, 1.165) is 17.9 Å². The van der Waals surface area contributed by atoms with Crippen LogP contribution in [-0.2, 0) is 6.42 Å². The standard InChI is InChI=1S/C38H32O2S/c1-4-5-10-31-19-28-22-34-35(23-36(28)41-31)38(25-13-17-30(40-3)18-14-25)33-21-27-9-7-6-8-26(27)20-32(33)37(34)24-11-15-29(39-2)16-12-24/h6-9,11-23H,4-5,10H2,1-3H3. The van der Waals surface area contributed by atoms with Gasteiger partial charge in [-0.3, -0.25) is 0 Å². The molecule has 0 saturated heterocycles. The smallest absolute Gasteiger partial charge is 0.118 e. The van der Waals surface area contributed by atoms with Crippen molar-refractivity contribution in [3.05, 3.63) is 108 Å². The Morgan fingerprint density at radius 1 is 0.561 bits per heavy atom. The summed E-state index contributed by atoms with van der Waals surface area (Å²) in [6, 6.07) is 37.8. The molecule has 0 aliphatic carbocycles. The number of unbranched alkanes of at least 4 members (excludes halogenated alkanes) is 1. The Morgan fingerprint density at radius 3 is 1.54 bits per heavy atom. The molecule has 0 bridgehead atoms. The maximum absolute atomic E-state index is 5.52. The minimum atomic E-state index is 0.864. The molecule has 1 heterocycles. The molecule has 0 unspecified atom stereocenters. The number of fused-ring (bicyclic) bond motifs is 4. The highest BCUT2D eigenvalue weighted by Crippen LogP contribution is 2.47. The van der Waals surface area contributed by atoms with Gasteiger partial charge in [0.1, 0.15) is 11.5 Å². The Kier molecular flexibility index (Phi) is 6.60. The van der Waals surface area contributed by atoms with E-state index in [1.807, 2.05) is 11.3 Å². The number of hydrogen-bond acceptors (Lipinski definition) is 3. The van der Waals surface area contributed by atoms with Crippen LogP contribution in [-0.4, -0.2) is 14.2 Å². The molecule has 0 aliphatic heterocycles. The molecular weight excluding hydrogens is 520 g/mol. The van der Waals surface area contributed by atoms with Crippen LogP contribution in [0.15, 0.2) is 103 Å². The summed E-state index contributed by atoms with van der Waals surface area (Å²) in [6.07, 6.45) is 3.56. The third kappa shape index (κ3) is 4.51. The highest BCUT2D eigenvalue weighted by atomic mass is 32.1. The van der Waals surface area contributed by atoms with Crippen molar-refractivity contribution < 1.29 is 9.47 Å². The third-order valence-electron chi connectivity index (χ3n) is 8.20. The minimum Gasteiger partial charge on any atom is -0.497 e. The van der Waals surface area contributed by atoms with Crippen molar-refractivity contribution in [2.75, 3.05) is 14.2 Å². The lowest BCUT2D eigenvalue weighted by atomic mass is 9.84. The Morgan fingerprint density at radius 2 is 1.05 bits per heavy atom. The van der Waals surface area contributed by atoms with E-state index in [0.29, 0.717) is 0 Å². The molecular formula is C38H32O2S. The first-order valence-electron chi connectivity index (χ1n) is 14.3. The molecule has 0 atom stereocenters. The van der Waals surface area contributed by atoms with Crippen molar-refractivity contribution in [1.82, 2.24) is 0 Å². The third-order valence-corrected chi connectivity index (χ3v) is 9.36. The Hall–Kier alpha value is -4.34. The molecule has 202 valence electrons. The normalized spacial score (nSPS) is 11.6. The summed E-state index contributed by atoms with van der Waals surface area (Å²) < 4.78 is 12.4. The number of rotatable bonds is 7. The monoisotopic (exact) mass is 552 g/mol. The number of hydrogen-bond donors (Lipinski definition) is 0. The number of benzene rings is 6. The lowest BCUT2D eigenvalue weighted by Gasteiger charge is -2.19. The van der Waals surface area contributed by atoms with Gasteiger partial charge in [-0.05, 0) is 127 Å². The van der Waals surface area contributed by atoms with Crippen LogP contribution < -0.4 is 9.47 Å². The summed E-state index contributed by atoms with van der Waals surface area (Å²) >= 11 is 1.94. The van der Waals surface area contributed by atoms with Crippen LogP contribution in [0.5, 0.6) is 11.5 Å². The van der Waals surface area contributed by atoms with Crippen LogP contribution in [0.1, 0.15) is 24.6 Å². The van der Waals surface area contributed by atoms with Gasteiger partial charge in [0.15, 0.2) is 0 Å². The van der Waals surface area contributed by atoms with Gasteiger partial charge in [-0.2, -0.15) is 0 Å². The van der Waals surface area contributed by atoms with Crippen LogP contribution >= 0.6 is 11.3 Å². The molecule has 0 aliphatic rings. The van der Waals surface area contributed by atoms with Crippen LogP contribution in [0, 0.1) is 0 Å². The van der Waals surface area contributed by atoms with Gasteiger partial charge < -0.3 is 9.47 Å². The Labute approximate surface area is 244 Å². The lowest BCUT2D eigenvalue weighted by molar-refractivity contribution is 0.415. The van der Waals surface area contributed by atoms with Crippen molar-refractivity contribution in [3.8, 4) is 33.8 Å². The second-order valence-corrected chi connectivity index (χ2v) is 11.9. The van der Waals surface area contributed by atoms with E-state index in [4.69, 9.17) is 9.47 Å². The fraction of sp³-hybridized carbons (Fsp3) is 0.158. The fourth-order valence-electron chi connectivity index (χ4n) is 6.11. The van der Waals surface area contributed by atoms with Gasteiger partial charge >= 0.3 is 0 Å². The summed E-state index contributed by atoms with van der Waals surface area (Å²) in [4.78, 5) is 1.46. The molecule has 0 amide bonds. The molecule has 41 heavy (non-hydrogen) atoms. The molecule has 7 aromatic rings. The zero-order valence-corrected chi connectivity index (χ0v) is 24.5. The summed E-state index contributed by atoms with van der Waals surface area (Å²) in [5, 5.41) is 8.88. The molecule has 6 aromatic carbocycles. The predicted octanol–water partition coefficient (Wildman–Crippen LogP) is 11.1. The molecule has 0 saturated carbocycles. The second kappa shape index (κ2) is 10.6. The molecule has 3 heteroatoms. The van der Waals surface area contributed by atoms with Gasteiger partial charge in [0, 0.05) is 9.58 Å². The number of methoxy groups -OCH3 is 2. The molecule has 0 spiro atoms. The van der Waals surface area contributed by atoms with Gasteiger partial charge in [0.05, 0.1) is 14.2 Å². The van der Waals surface area contributed by atoms with Crippen molar-refractivity contribution >= 4 is 53.7 Å². The maximum atomic E-state index is 5.52. The van der Waals surface area contributed by atoms with Crippen LogP contribution in [0.3, 0.4) is 0 Å². The average Bonchev–Trinajstić information content (AvgIpc) is 3.42. The van der Waals surface area contributed by atoms with E-state index in [1.54, 1.807) is 14.2 Å². The molecule has 1 aromatic heterocycles. The van der Waals surface area contributed by atoms with Crippen LogP contribution in [0.25, 0.3) is 64.7 Å². The largest absolute Gasteiger partial charge is 0.497 e. The van der Waals surface area contributed by atoms with E-state index in [9.17, 15) is 0 Å². The van der Waals surface area contributed by atoms with Gasteiger partial charge in [-0.25, -0.2) is 0 Å². The molecule has 0 radical (unpaired) electrons. The SMILES string of the molecule is CCCCc1cc2cc3c(-c4ccc(OC)cc4)c4cc5ccccc5cc4c(-c4ccc(OC)cc4)c3cc2s1. The van der Waals surface area contributed by atoms with Gasteiger partial charge in [-0.1, -0.05) is 61.9 Å². The van der Waals surface area contributed by atoms with E-state index in [2.05, 4.69) is 110 Å². The fourth-order valence-corrected chi connectivity index (χ4v) is 7.24. The zero-order chi connectivity index (χ0) is 27.9. The van der Waals surface area contributed by atoms with Crippen molar-refractivity contribution in [2.45, 2.75) is 26.2 Å². The van der Waals surface area contributed by atoms with E-state index in [1.165, 1.54) is 82.4 Å².